The second kappa shape index (κ2) is 8.02. The number of H-pyrrole nitrogens is 1. The zero-order valence-corrected chi connectivity index (χ0v) is 17.7. The van der Waals surface area contributed by atoms with E-state index in [9.17, 15) is 10.1 Å². The number of carbonyl (C=O) groups excluding carboxylic acids is 1. The van der Waals surface area contributed by atoms with Crippen LogP contribution < -0.4 is 10.5 Å². The molecule has 0 saturated carbocycles. The van der Waals surface area contributed by atoms with Crippen molar-refractivity contribution in [3.8, 4) is 23.3 Å². The molecule has 33 heavy (non-hydrogen) atoms. The third-order valence-corrected chi connectivity index (χ3v) is 5.46. The number of benzene rings is 3. The lowest BCUT2D eigenvalue weighted by atomic mass is 10.1. The summed E-state index contributed by atoms with van der Waals surface area (Å²) in [6.07, 6.45) is 1.48. The summed E-state index contributed by atoms with van der Waals surface area (Å²) in [4.78, 5) is 16.2. The molecule has 7 heteroatoms. The normalized spacial score (nSPS) is 10.8. The van der Waals surface area contributed by atoms with Gasteiger partial charge in [0.15, 0.2) is 0 Å². The van der Waals surface area contributed by atoms with E-state index in [1.807, 2.05) is 55.5 Å². The van der Waals surface area contributed by atoms with Gasteiger partial charge in [0, 0.05) is 10.9 Å². The van der Waals surface area contributed by atoms with Gasteiger partial charge in [-0.05, 0) is 55.0 Å². The van der Waals surface area contributed by atoms with E-state index in [1.54, 1.807) is 24.3 Å². The molecular formula is C26H19N5O2. The first-order valence-electron chi connectivity index (χ1n) is 10.3. The highest BCUT2D eigenvalue weighted by Gasteiger charge is 2.20. The van der Waals surface area contributed by atoms with Crippen LogP contribution in [0.1, 0.15) is 27.2 Å². The van der Waals surface area contributed by atoms with Gasteiger partial charge < -0.3 is 15.5 Å². The highest BCUT2D eigenvalue weighted by atomic mass is 16.5. The number of fused-ring (bicyclic) bond motifs is 1. The average molecular weight is 433 g/mol. The molecule has 160 valence electrons. The number of carbonyl (C=O) groups is 1. The van der Waals surface area contributed by atoms with Crippen LogP contribution in [-0.4, -0.2) is 20.5 Å². The molecule has 0 fully saturated rings. The summed E-state index contributed by atoms with van der Waals surface area (Å²) in [6.45, 7) is 1.90. The Morgan fingerprint density at radius 1 is 1.09 bits per heavy atom. The number of aryl methyl sites for hydroxylation is 1. The number of nitrogen functional groups attached to an aromatic ring is 1. The van der Waals surface area contributed by atoms with Crippen molar-refractivity contribution in [3.05, 3.63) is 101 Å². The van der Waals surface area contributed by atoms with Crippen LogP contribution >= 0.6 is 0 Å². The molecule has 0 saturated heterocycles. The van der Waals surface area contributed by atoms with Gasteiger partial charge in [0.2, 0.25) is 5.78 Å². The van der Waals surface area contributed by atoms with E-state index in [2.05, 4.69) is 16.2 Å². The van der Waals surface area contributed by atoms with Crippen molar-refractivity contribution in [2.24, 2.45) is 0 Å². The van der Waals surface area contributed by atoms with E-state index in [0.29, 0.717) is 28.3 Å². The van der Waals surface area contributed by atoms with Crippen molar-refractivity contribution >= 4 is 22.5 Å². The van der Waals surface area contributed by atoms with E-state index in [1.165, 1.54) is 10.9 Å². The van der Waals surface area contributed by atoms with Crippen LogP contribution in [0.3, 0.4) is 0 Å². The maximum absolute atomic E-state index is 13.1. The van der Waals surface area contributed by atoms with Crippen LogP contribution in [-0.2, 0) is 0 Å². The number of hydrogen-bond acceptors (Lipinski definition) is 5. The standard InChI is InChI=1S/C26H19N5O2/c1-16-12-19(33-24-9-5-3-7-18(24)14-27)10-11-23(16)31-26(28)20(15-29-31)25(32)22-13-17-6-2-4-8-21(17)30-22/h2-13,15,30H,28H2,1H3. The second-order valence-corrected chi connectivity index (χ2v) is 7.61. The lowest BCUT2D eigenvalue weighted by molar-refractivity contribution is 0.103. The van der Waals surface area contributed by atoms with Crippen molar-refractivity contribution < 1.29 is 9.53 Å². The molecule has 0 aliphatic rings. The van der Waals surface area contributed by atoms with Crippen molar-refractivity contribution in [1.29, 1.82) is 5.26 Å². The third-order valence-electron chi connectivity index (χ3n) is 5.46. The van der Waals surface area contributed by atoms with Gasteiger partial charge in [-0.15, -0.1) is 0 Å². The number of nitrogens with one attached hydrogen (secondary N) is 1. The molecule has 2 heterocycles. The number of hydrogen-bond donors (Lipinski definition) is 2. The summed E-state index contributed by atoms with van der Waals surface area (Å²) in [5.41, 5.74) is 10.0. The zero-order chi connectivity index (χ0) is 22.9. The molecule has 5 rings (SSSR count). The Balaban J connectivity index is 1.44. The van der Waals surface area contributed by atoms with Gasteiger partial charge in [-0.2, -0.15) is 10.4 Å². The fourth-order valence-corrected chi connectivity index (χ4v) is 3.77. The molecule has 3 N–H and O–H groups in total. The molecule has 0 bridgehead atoms. The Morgan fingerprint density at radius 2 is 1.88 bits per heavy atom. The van der Waals surface area contributed by atoms with Crippen molar-refractivity contribution in [1.82, 2.24) is 14.8 Å². The van der Waals surface area contributed by atoms with Crippen LogP contribution in [0.15, 0.2) is 79.0 Å². The van der Waals surface area contributed by atoms with Gasteiger partial charge in [0.25, 0.3) is 0 Å². The van der Waals surface area contributed by atoms with Gasteiger partial charge in [-0.1, -0.05) is 30.3 Å². The number of aromatic nitrogens is 3. The minimum atomic E-state index is -0.222. The summed E-state index contributed by atoms with van der Waals surface area (Å²) in [7, 11) is 0. The first-order chi connectivity index (χ1) is 16.0. The lowest BCUT2D eigenvalue weighted by Gasteiger charge is -2.12. The lowest BCUT2D eigenvalue weighted by Crippen LogP contribution is -2.08. The number of aromatic amines is 1. The van der Waals surface area contributed by atoms with E-state index < -0.39 is 0 Å². The summed E-state index contributed by atoms with van der Waals surface area (Å²) >= 11 is 0. The van der Waals surface area contributed by atoms with Crippen LogP contribution in [0.25, 0.3) is 16.6 Å². The number of nitrogens with two attached hydrogens (primary N) is 1. The quantitative estimate of drug-likeness (QED) is 0.373. The summed E-state index contributed by atoms with van der Waals surface area (Å²) in [6, 6.07) is 24.1. The third kappa shape index (κ3) is 3.60. The molecule has 0 aliphatic heterocycles. The summed E-state index contributed by atoms with van der Waals surface area (Å²) in [5, 5.41) is 14.6. The van der Waals surface area contributed by atoms with Crippen LogP contribution in [0.4, 0.5) is 5.82 Å². The molecule has 0 atom stereocenters. The Kier molecular flexibility index (Phi) is 4.88. The molecule has 0 amide bonds. The van der Waals surface area contributed by atoms with Crippen LogP contribution in [0, 0.1) is 18.3 Å². The highest BCUT2D eigenvalue weighted by molar-refractivity contribution is 6.12. The summed E-state index contributed by atoms with van der Waals surface area (Å²) < 4.78 is 7.43. The predicted molar refractivity (Wildman–Crippen MR) is 126 cm³/mol. The molecule has 3 aromatic carbocycles. The van der Waals surface area contributed by atoms with Gasteiger partial charge >= 0.3 is 0 Å². The fraction of sp³-hybridized carbons (Fsp3) is 0.0385. The largest absolute Gasteiger partial charge is 0.456 e. The molecule has 7 nitrogen and oxygen atoms in total. The smallest absolute Gasteiger partial charge is 0.214 e. The maximum Gasteiger partial charge on any atom is 0.214 e. The number of para-hydroxylation sites is 2. The fourth-order valence-electron chi connectivity index (χ4n) is 3.77. The van der Waals surface area contributed by atoms with E-state index in [-0.39, 0.29) is 11.6 Å². The minimum Gasteiger partial charge on any atom is -0.456 e. The molecule has 0 aliphatic carbocycles. The maximum atomic E-state index is 13.1. The molecule has 0 radical (unpaired) electrons. The number of ketones is 1. The number of anilines is 1. The second-order valence-electron chi connectivity index (χ2n) is 7.61. The summed E-state index contributed by atoms with van der Waals surface area (Å²) in [5.74, 6) is 1.10. The van der Waals surface area contributed by atoms with Crippen LogP contribution in [0.5, 0.6) is 11.5 Å². The topological polar surface area (TPSA) is 110 Å². The molecule has 5 aromatic rings. The van der Waals surface area contributed by atoms with Gasteiger partial charge in [-0.25, -0.2) is 4.68 Å². The first kappa shape index (κ1) is 20.1. The van der Waals surface area contributed by atoms with Gasteiger partial charge in [0.1, 0.15) is 23.4 Å². The van der Waals surface area contributed by atoms with Crippen molar-refractivity contribution in [2.45, 2.75) is 6.92 Å². The highest BCUT2D eigenvalue weighted by Crippen LogP contribution is 2.29. The number of nitrogens with zero attached hydrogens (tertiary/aromatic N) is 3. The monoisotopic (exact) mass is 433 g/mol. The van der Waals surface area contributed by atoms with Crippen molar-refractivity contribution in [3.63, 3.8) is 0 Å². The molecular weight excluding hydrogens is 414 g/mol. The van der Waals surface area contributed by atoms with Gasteiger partial charge in [0.05, 0.1) is 28.7 Å². The van der Waals surface area contributed by atoms with E-state index >= 15 is 0 Å². The zero-order valence-electron chi connectivity index (χ0n) is 17.7. The first-order valence-corrected chi connectivity index (χ1v) is 10.3. The predicted octanol–water partition coefficient (Wildman–Crippen LogP) is 5.14. The van der Waals surface area contributed by atoms with Gasteiger partial charge in [-0.3, -0.25) is 4.79 Å². The Morgan fingerprint density at radius 3 is 2.67 bits per heavy atom. The Hall–Kier alpha value is -4.83. The van der Waals surface area contributed by atoms with E-state index in [0.717, 1.165) is 22.2 Å². The Bertz CT molecular complexity index is 1520. The SMILES string of the molecule is Cc1cc(Oc2ccccc2C#N)ccc1-n1ncc(C(=O)c2cc3ccccc3[nH]2)c1N. The number of rotatable bonds is 5. The minimum absolute atomic E-state index is 0.222. The van der Waals surface area contributed by atoms with Crippen molar-refractivity contribution in [2.75, 3.05) is 5.73 Å². The molecule has 2 aromatic heterocycles. The molecule has 0 spiro atoms. The number of ether oxygens (including phenoxy) is 1. The van der Waals surface area contributed by atoms with E-state index in [4.69, 9.17) is 10.5 Å². The average Bonchev–Trinajstić information content (AvgIpc) is 3.43. The van der Waals surface area contributed by atoms with Crippen LogP contribution in [0.2, 0.25) is 0 Å². The molecule has 0 unspecified atom stereocenters. The number of nitriles is 1. The Labute approximate surface area is 189 Å².